The van der Waals surface area contributed by atoms with Crippen LogP contribution in [0.4, 0.5) is 0 Å². The summed E-state index contributed by atoms with van der Waals surface area (Å²) >= 11 is 0. The van der Waals surface area contributed by atoms with Crippen LogP contribution in [0.3, 0.4) is 0 Å². The van der Waals surface area contributed by atoms with Crippen molar-refractivity contribution in [1.82, 2.24) is 5.32 Å². The van der Waals surface area contributed by atoms with Gasteiger partial charge in [-0.1, -0.05) is 6.07 Å². The van der Waals surface area contributed by atoms with Crippen molar-refractivity contribution in [2.24, 2.45) is 5.73 Å². The van der Waals surface area contributed by atoms with Gasteiger partial charge in [-0.15, -0.1) is 0 Å². The molecule has 2 amide bonds. The van der Waals surface area contributed by atoms with Crippen molar-refractivity contribution in [3.8, 4) is 0 Å². The van der Waals surface area contributed by atoms with E-state index < -0.39 is 0 Å². The summed E-state index contributed by atoms with van der Waals surface area (Å²) in [7, 11) is 0. The molecule has 0 saturated carbocycles. The van der Waals surface area contributed by atoms with Crippen molar-refractivity contribution < 1.29 is 14.0 Å². The quantitative estimate of drug-likeness (QED) is 0.797. The van der Waals surface area contributed by atoms with Crippen LogP contribution in [-0.4, -0.2) is 11.8 Å². The number of nitrogens with two attached hydrogens (primary N) is 1. The number of imide groups is 1. The van der Waals surface area contributed by atoms with Crippen LogP contribution in [0.25, 0.3) is 11.0 Å². The van der Waals surface area contributed by atoms with Gasteiger partial charge >= 0.3 is 0 Å². The Kier molecular flexibility index (Phi) is 2.83. The third-order valence-electron chi connectivity index (χ3n) is 3.52. The van der Waals surface area contributed by atoms with E-state index in [0.717, 1.165) is 22.1 Å². The first kappa shape index (κ1) is 11.9. The van der Waals surface area contributed by atoms with Gasteiger partial charge in [0.1, 0.15) is 5.58 Å². The molecular formula is C14H14N2O3. The van der Waals surface area contributed by atoms with Crippen LogP contribution in [0.5, 0.6) is 0 Å². The van der Waals surface area contributed by atoms with Gasteiger partial charge < -0.3 is 10.2 Å². The summed E-state index contributed by atoms with van der Waals surface area (Å²) in [5.74, 6) is -0.791. The van der Waals surface area contributed by atoms with Crippen LogP contribution in [0.1, 0.15) is 29.9 Å². The van der Waals surface area contributed by atoms with Crippen LogP contribution in [0.15, 0.2) is 28.9 Å². The second-order valence-electron chi connectivity index (χ2n) is 4.73. The lowest BCUT2D eigenvalue weighted by molar-refractivity contribution is -0.134. The van der Waals surface area contributed by atoms with Crippen LogP contribution >= 0.6 is 0 Å². The number of carbonyl (C=O) groups excluding carboxylic acids is 2. The number of hydrogen-bond acceptors (Lipinski definition) is 4. The molecule has 0 spiro atoms. The molecule has 0 bridgehead atoms. The van der Waals surface area contributed by atoms with Gasteiger partial charge in [-0.3, -0.25) is 14.9 Å². The van der Waals surface area contributed by atoms with E-state index in [4.69, 9.17) is 10.2 Å². The summed E-state index contributed by atoms with van der Waals surface area (Å²) in [5, 5.41) is 3.27. The minimum absolute atomic E-state index is 0.211. The number of furan rings is 1. The van der Waals surface area contributed by atoms with Crippen molar-refractivity contribution in [2.45, 2.75) is 25.3 Å². The maximum Gasteiger partial charge on any atom is 0.234 e. The van der Waals surface area contributed by atoms with E-state index in [1.807, 2.05) is 18.2 Å². The number of rotatable bonds is 2. The first-order valence-electron chi connectivity index (χ1n) is 6.23. The van der Waals surface area contributed by atoms with E-state index in [0.29, 0.717) is 19.4 Å². The number of piperidine rings is 1. The van der Waals surface area contributed by atoms with Crippen LogP contribution in [0.2, 0.25) is 0 Å². The van der Waals surface area contributed by atoms with Crippen molar-refractivity contribution in [3.63, 3.8) is 0 Å². The van der Waals surface area contributed by atoms with Gasteiger partial charge in [0.05, 0.1) is 12.2 Å². The van der Waals surface area contributed by atoms with Crippen LogP contribution in [-0.2, 0) is 16.1 Å². The number of fused-ring (bicyclic) bond motifs is 1. The predicted molar refractivity (Wildman–Crippen MR) is 69.2 cm³/mol. The molecule has 2 heterocycles. The molecule has 1 atom stereocenters. The second kappa shape index (κ2) is 4.51. The summed E-state index contributed by atoms with van der Waals surface area (Å²) in [6.45, 7) is 0.440. The summed E-state index contributed by atoms with van der Waals surface area (Å²) in [4.78, 5) is 23.1. The fourth-order valence-corrected chi connectivity index (χ4v) is 2.48. The molecule has 1 aliphatic rings. The normalized spacial score (nSPS) is 19.7. The van der Waals surface area contributed by atoms with E-state index in [2.05, 4.69) is 5.32 Å². The van der Waals surface area contributed by atoms with Gasteiger partial charge in [0.25, 0.3) is 0 Å². The molecule has 1 aliphatic heterocycles. The molecule has 0 radical (unpaired) electrons. The molecule has 5 heteroatoms. The van der Waals surface area contributed by atoms with E-state index in [1.54, 1.807) is 6.26 Å². The van der Waals surface area contributed by atoms with Gasteiger partial charge in [-0.25, -0.2) is 0 Å². The third-order valence-corrected chi connectivity index (χ3v) is 3.52. The zero-order chi connectivity index (χ0) is 13.4. The summed E-state index contributed by atoms with van der Waals surface area (Å²) in [6, 6.07) is 5.70. The molecule has 1 aromatic carbocycles. The van der Waals surface area contributed by atoms with Gasteiger partial charge in [0.2, 0.25) is 11.8 Å². The maximum atomic E-state index is 11.9. The van der Waals surface area contributed by atoms with Gasteiger partial charge in [0.15, 0.2) is 0 Å². The van der Waals surface area contributed by atoms with Crippen molar-refractivity contribution in [1.29, 1.82) is 0 Å². The molecular weight excluding hydrogens is 244 g/mol. The van der Waals surface area contributed by atoms with E-state index >= 15 is 0 Å². The van der Waals surface area contributed by atoms with Gasteiger partial charge in [0, 0.05) is 23.9 Å². The van der Waals surface area contributed by atoms with E-state index in [9.17, 15) is 9.59 Å². The number of amides is 2. The monoisotopic (exact) mass is 258 g/mol. The Morgan fingerprint density at radius 1 is 1.37 bits per heavy atom. The first-order chi connectivity index (χ1) is 9.19. The lowest BCUT2D eigenvalue weighted by Crippen LogP contribution is -2.39. The highest BCUT2D eigenvalue weighted by Crippen LogP contribution is 2.32. The van der Waals surface area contributed by atoms with Crippen LogP contribution < -0.4 is 11.1 Å². The zero-order valence-corrected chi connectivity index (χ0v) is 10.3. The lowest BCUT2D eigenvalue weighted by atomic mass is 9.90. The molecule has 1 unspecified atom stereocenters. The average Bonchev–Trinajstić information content (AvgIpc) is 2.81. The zero-order valence-electron chi connectivity index (χ0n) is 10.3. The second-order valence-corrected chi connectivity index (χ2v) is 4.73. The Morgan fingerprint density at radius 2 is 2.21 bits per heavy atom. The van der Waals surface area contributed by atoms with Crippen molar-refractivity contribution in [3.05, 3.63) is 35.6 Å². The molecule has 19 heavy (non-hydrogen) atoms. The van der Waals surface area contributed by atoms with Gasteiger partial charge in [-0.05, 0) is 24.1 Å². The Balaban J connectivity index is 2.04. The van der Waals surface area contributed by atoms with E-state index in [-0.39, 0.29) is 17.7 Å². The number of carbonyl (C=O) groups is 2. The minimum Gasteiger partial charge on any atom is -0.464 e. The smallest absolute Gasteiger partial charge is 0.234 e. The fraction of sp³-hybridized carbons (Fsp3) is 0.286. The highest BCUT2D eigenvalue weighted by molar-refractivity contribution is 6.02. The molecule has 3 N–H and O–H groups in total. The SMILES string of the molecule is NCc1ccc2occ(C3CCC(=O)NC3=O)c2c1. The molecule has 2 aromatic rings. The maximum absolute atomic E-state index is 11.9. The Morgan fingerprint density at radius 3 is 2.95 bits per heavy atom. The molecule has 3 rings (SSSR count). The Hall–Kier alpha value is -2.14. The molecule has 0 aliphatic carbocycles. The average molecular weight is 258 g/mol. The Bertz CT molecular complexity index is 660. The van der Waals surface area contributed by atoms with Crippen molar-refractivity contribution >= 4 is 22.8 Å². The minimum atomic E-state index is -0.327. The molecule has 1 aromatic heterocycles. The third kappa shape index (κ3) is 2.02. The van der Waals surface area contributed by atoms with Crippen molar-refractivity contribution in [2.75, 3.05) is 0 Å². The molecule has 1 saturated heterocycles. The topological polar surface area (TPSA) is 85.3 Å². The Labute approximate surface area is 109 Å². The molecule has 1 fully saturated rings. The molecule has 5 nitrogen and oxygen atoms in total. The fourth-order valence-electron chi connectivity index (χ4n) is 2.48. The molecule has 98 valence electrons. The predicted octanol–water partition coefficient (Wildman–Crippen LogP) is 1.41. The standard InChI is InChI=1S/C14H14N2O3/c15-6-8-1-3-12-10(5-8)11(7-19-12)9-2-4-13(17)16-14(9)18/h1,3,5,7,9H,2,4,6,15H2,(H,16,17,18). The van der Waals surface area contributed by atoms with Gasteiger partial charge in [-0.2, -0.15) is 0 Å². The van der Waals surface area contributed by atoms with E-state index in [1.165, 1.54) is 0 Å². The summed E-state index contributed by atoms with van der Waals surface area (Å²) < 4.78 is 5.47. The number of hydrogen-bond donors (Lipinski definition) is 2. The largest absolute Gasteiger partial charge is 0.464 e. The highest BCUT2D eigenvalue weighted by atomic mass is 16.3. The van der Waals surface area contributed by atoms with Crippen LogP contribution in [0, 0.1) is 0 Å². The highest BCUT2D eigenvalue weighted by Gasteiger charge is 2.30. The summed E-state index contributed by atoms with van der Waals surface area (Å²) in [5.41, 5.74) is 8.18. The number of nitrogens with one attached hydrogen (secondary N) is 1. The lowest BCUT2D eigenvalue weighted by Gasteiger charge is -2.19. The summed E-state index contributed by atoms with van der Waals surface area (Å²) in [6.07, 6.45) is 2.48. The number of benzene rings is 1. The first-order valence-corrected chi connectivity index (χ1v) is 6.23.